The summed E-state index contributed by atoms with van der Waals surface area (Å²) >= 11 is 0. The van der Waals surface area contributed by atoms with Gasteiger partial charge in [0.2, 0.25) is 5.91 Å². The van der Waals surface area contributed by atoms with E-state index in [9.17, 15) is 24.5 Å². The summed E-state index contributed by atoms with van der Waals surface area (Å²) in [6, 6.07) is 20.5. The molecule has 0 spiro atoms. The van der Waals surface area contributed by atoms with E-state index in [1.54, 1.807) is 48.5 Å². The Kier molecular flexibility index (Phi) is 8.78. The lowest BCUT2D eigenvalue weighted by Gasteiger charge is -2.05. The SMILES string of the molecule is O=C(CCCNC(=O)c1ccc([N+](=O)[O-])cc1)NN=Cc1ccc(OC(=O)c2ccccc2)cc1. The van der Waals surface area contributed by atoms with Gasteiger partial charge >= 0.3 is 5.97 Å². The Morgan fingerprint density at radius 2 is 1.60 bits per heavy atom. The van der Waals surface area contributed by atoms with E-state index in [-0.39, 0.29) is 30.5 Å². The fraction of sp³-hybridized carbons (Fsp3) is 0.120. The molecule has 10 nitrogen and oxygen atoms in total. The fourth-order valence-corrected chi connectivity index (χ4v) is 2.88. The molecule has 0 saturated carbocycles. The minimum Gasteiger partial charge on any atom is -0.423 e. The first-order valence-corrected chi connectivity index (χ1v) is 10.6. The van der Waals surface area contributed by atoms with Crippen molar-refractivity contribution in [1.82, 2.24) is 10.7 Å². The molecule has 35 heavy (non-hydrogen) atoms. The minimum atomic E-state index is -0.540. The number of non-ortho nitro benzene ring substituents is 1. The molecule has 0 atom stereocenters. The number of carbonyl (C=O) groups excluding carboxylic acids is 3. The summed E-state index contributed by atoms with van der Waals surface area (Å²) in [5.74, 6) is -0.769. The second-order valence-corrected chi connectivity index (χ2v) is 7.28. The summed E-state index contributed by atoms with van der Waals surface area (Å²) in [5.41, 5.74) is 3.75. The number of amides is 2. The number of hydrogen-bond donors (Lipinski definition) is 2. The highest BCUT2D eigenvalue weighted by Crippen LogP contribution is 2.14. The molecule has 3 aromatic rings. The third-order valence-electron chi connectivity index (χ3n) is 4.71. The van der Waals surface area contributed by atoms with E-state index in [4.69, 9.17) is 4.74 Å². The number of benzene rings is 3. The average molecular weight is 474 g/mol. The molecule has 178 valence electrons. The summed E-state index contributed by atoms with van der Waals surface area (Å²) in [6.45, 7) is 0.260. The van der Waals surface area contributed by atoms with Gasteiger partial charge in [-0.1, -0.05) is 18.2 Å². The third kappa shape index (κ3) is 7.90. The number of hydrazone groups is 1. The van der Waals surface area contributed by atoms with Crippen molar-refractivity contribution in [3.05, 3.63) is 106 Å². The van der Waals surface area contributed by atoms with Gasteiger partial charge in [-0.25, -0.2) is 10.2 Å². The van der Waals surface area contributed by atoms with Crippen LogP contribution in [-0.2, 0) is 4.79 Å². The zero-order valence-electron chi connectivity index (χ0n) is 18.5. The van der Waals surface area contributed by atoms with Crippen LogP contribution in [0.3, 0.4) is 0 Å². The molecule has 0 bridgehead atoms. The van der Waals surface area contributed by atoms with E-state index in [0.29, 0.717) is 28.9 Å². The lowest BCUT2D eigenvalue weighted by atomic mass is 10.2. The number of nitrogens with zero attached hydrogens (tertiary/aromatic N) is 2. The molecule has 3 rings (SSSR count). The van der Waals surface area contributed by atoms with Crippen molar-refractivity contribution >= 4 is 29.7 Å². The Morgan fingerprint density at radius 1 is 0.914 bits per heavy atom. The standard InChI is InChI=1S/C25H22N4O6/c30-23(7-4-16-26-24(31)19-10-12-21(13-11-19)29(33)34)28-27-17-18-8-14-22(15-9-18)35-25(32)20-5-2-1-3-6-20/h1-3,5-6,8-15,17H,4,7,16H2,(H,26,31)(H,28,30). The van der Waals surface area contributed by atoms with Crippen molar-refractivity contribution in [2.24, 2.45) is 5.10 Å². The Labute approximate surface area is 200 Å². The summed E-state index contributed by atoms with van der Waals surface area (Å²) in [6.07, 6.45) is 1.99. The van der Waals surface area contributed by atoms with Crippen LogP contribution in [-0.4, -0.2) is 35.5 Å². The van der Waals surface area contributed by atoms with Crippen LogP contribution in [0.1, 0.15) is 39.1 Å². The molecule has 0 radical (unpaired) electrons. The van der Waals surface area contributed by atoms with Crippen LogP contribution >= 0.6 is 0 Å². The Hall–Kier alpha value is -4.86. The first-order chi connectivity index (χ1) is 16.9. The molecule has 10 heteroatoms. The number of rotatable bonds is 10. The second kappa shape index (κ2) is 12.4. The van der Waals surface area contributed by atoms with E-state index < -0.39 is 10.9 Å². The van der Waals surface area contributed by atoms with Gasteiger partial charge in [-0.05, 0) is 60.5 Å². The minimum absolute atomic E-state index is 0.0961. The highest BCUT2D eigenvalue weighted by molar-refractivity contribution is 5.94. The highest BCUT2D eigenvalue weighted by Gasteiger charge is 2.10. The molecule has 0 heterocycles. The number of nitro benzene ring substituents is 1. The van der Waals surface area contributed by atoms with Gasteiger partial charge in [-0.3, -0.25) is 19.7 Å². The summed E-state index contributed by atoms with van der Waals surface area (Å²) in [7, 11) is 0. The van der Waals surface area contributed by atoms with Crippen molar-refractivity contribution in [2.75, 3.05) is 6.54 Å². The third-order valence-corrected chi connectivity index (χ3v) is 4.71. The molecule has 2 amide bonds. The van der Waals surface area contributed by atoms with E-state index in [2.05, 4.69) is 15.8 Å². The molecule has 0 fully saturated rings. The molecule has 2 N–H and O–H groups in total. The molecular formula is C25H22N4O6. The van der Waals surface area contributed by atoms with E-state index >= 15 is 0 Å². The maximum absolute atomic E-state index is 12.1. The largest absolute Gasteiger partial charge is 0.423 e. The van der Waals surface area contributed by atoms with Crippen molar-refractivity contribution < 1.29 is 24.0 Å². The summed E-state index contributed by atoms with van der Waals surface area (Å²) < 4.78 is 5.30. The van der Waals surface area contributed by atoms with Gasteiger partial charge in [-0.15, -0.1) is 0 Å². The van der Waals surface area contributed by atoms with Gasteiger partial charge in [0.15, 0.2) is 0 Å². The lowest BCUT2D eigenvalue weighted by Crippen LogP contribution is -2.26. The van der Waals surface area contributed by atoms with Crippen LogP contribution in [0, 0.1) is 10.1 Å². The molecule has 0 saturated heterocycles. The number of hydrogen-bond acceptors (Lipinski definition) is 7. The number of esters is 1. The van der Waals surface area contributed by atoms with Crippen LogP contribution in [0.15, 0.2) is 84.0 Å². The predicted octanol–water partition coefficient (Wildman–Crippen LogP) is 3.47. The van der Waals surface area contributed by atoms with Gasteiger partial charge < -0.3 is 10.1 Å². The summed E-state index contributed by atoms with van der Waals surface area (Å²) in [5, 5.41) is 17.2. The Balaban J connectivity index is 1.35. The van der Waals surface area contributed by atoms with Crippen LogP contribution in [0.5, 0.6) is 5.75 Å². The number of nitrogens with one attached hydrogen (secondary N) is 2. The molecular weight excluding hydrogens is 452 g/mol. The molecule has 0 unspecified atom stereocenters. The highest BCUT2D eigenvalue weighted by atomic mass is 16.6. The van der Waals surface area contributed by atoms with Gasteiger partial charge in [-0.2, -0.15) is 5.10 Å². The maximum Gasteiger partial charge on any atom is 0.343 e. The predicted molar refractivity (Wildman–Crippen MR) is 128 cm³/mol. The maximum atomic E-state index is 12.1. The fourth-order valence-electron chi connectivity index (χ4n) is 2.88. The van der Waals surface area contributed by atoms with Crippen LogP contribution < -0.4 is 15.5 Å². The molecule has 3 aromatic carbocycles. The van der Waals surface area contributed by atoms with Crippen LogP contribution in [0.2, 0.25) is 0 Å². The Morgan fingerprint density at radius 3 is 2.26 bits per heavy atom. The number of carbonyl (C=O) groups is 3. The smallest absolute Gasteiger partial charge is 0.343 e. The second-order valence-electron chi connectivity index (χ2n) is 7.28. The number of ether oxygens (including phenoxy) is 1. The molecule has 0 aliphatic carbocycles. The Bertz CT molecular complexity index is 1210. The molecule has 0 aliphatic rings. The van der Waals surface area contributed by atoms with Crippen molar-refractivity contribution in [2.45, 2.75) is 12.8 Å². The van der Waals surface area contributed by atoms with E-state index in [1.165, 1.54) is 30.5 Å². The first-order valence-electron chi connectivity index (χ1n) is 10.6. The van der Waals surface area contributed by atoms with Crippen molar-refractivity contribution in [1.29, 1.82) is 0 Å². The zero-order valence-corrected chi connectivity index (χ0v) is 18.5. The number of nitro groups is 1. The lowest BCUT2D eigenvalue weighted by molar-refractivity contribution is -0.384. The van der Waals surface area contributed by atoms with Gasteiger partial charge in [0, 0.05) is 30.7 Å². The quantitative estimate of drug-likeness (QED) is 0.115. The van der Waals surface area contributed by atoms with E-state index in [0.717, 1.165) is 0 Å². The topological polar surface area (TPSA) is 140 Å². The van der Waals surface area contributed by atoms with Crippen LogP contribution in [0.4, 0.5) is 5.69 Å². The monoisotopic (exact) mass is 474 g/mol. The first kappa shape index (κ1) is 24.8. The van der Waals surface area contributed by atoms with Crippen LogP contribution in [0.25, 0.3) is 0 Å². The van der Waals surface area contributed by atoms with Crippen molar-refractivity contribution in [3.8, 4) is 5.75 Å². The molecule has 0 aromatic heterocycles. The van der Waals surface area contributed by atoms with E-state index in [1.807, 2.05) is 6.07 Å². The van der Waals surface area contributed by atoms with Gasteiger partial charge in [0.05, 0.1) is 16.7 Å². The zero-order chi connectivity index (χ0) is 25.0. The van der Waals surface area contributed by atoms with Gasteiger partial charge in [0.1, 0.15) is 5.75 Å². The molecule has 0 aliphatic heterocycles. The summed E-state index contributed by atoms with van der Waals surface area (Å²) in [4.78, 5) is 46.1. The average Bonchev–Trinajstić information content (AvgIpc) is 2.88. The van der Waals surface area contributed by atoms with Crippen molar-refractivity contribution in [3.63, 3.8) is 0 Å². The van der Waals surface area contributed by atoms with Gasteiger partial charge in [0.25, 0.3) is 11.6 Å². The normalized spacial score (nSPS) is 10.5.